The van der Waals surface area contributed by atoms with Crippen LogP contribution in [0.2, 0.25) is 0 Å². The largest absolute Gasteiger partial charge is 0.461 e. The second-order valence-corrected chi connectivity index (χ2v) is 2.70. The maximum atomic E-state index is 10.7. The lowest BCUT2D eigenvalue weighted by atomic mass is 10.2. The Labute approximate surface area is 70.6 Å². The van der Waals surface area contributed by atoms with Crippen molar-refractivity contribution >= 4 is 17.6 Å². The molecule has 1 aliphatic rings. The zero-order valence-electron chi connectivity index (χ0n) is 6.22. The van der Waals surface area contributed by atoms with Crippen LogP contribution in [0.4, 0.5) is 0 Å². The minimum absolute atomic E-state index is 0.0231. The van der Waals surface area contributed by atoms with Crippen LogP contribution in [-0.4, -0.2) is 31.2 Å². The summed E-state index contributed by atoms with van der Waals surface area (Å²) in [7, 11) is 0. The number of carbonyl (C=O) groups is 1. The number of halogens is 1. The first-order chi connectivity index (χ1) is 5.33. The summed E-state index contributed by atoms with van der Waals surface area (Å²) in [4.78, 5) is 10.7. The van der Waals surface area contributed by atoms with Crippen molar-refractivity contribution in [1.82, 2.24) is 0 Å². The molecule has 0 aromatic rings. The summed E-state index contributed by atoms with van der Waals surface area (Å²) >= 11 is 5.27. The van der Waals surface area contributed by atoms with E-state index in [0.717, 1.165) is 12.8 Å². The van der Waals surface area contributed by atoms with E-state index in [9.17, 15) is 4.79 Å². The summed E-state index contributed by atoms with van der Waals surface area (Å²) in [5, 5.41) is 0. The molecule has 1 fully saturated rings. The number of ether oxygens (including phenoxy) is 2. The van der Waals surface area contributed by atoms with Crippen molar-refractivity contribution < 1.29 is 14.3 Å². The van der Waals surface area contributed by atoms with E-state index in [-0.39, 0.29) is 18.0 Å². The van der Waals surface area contributed by atoms with Crippen LogP contribution in [0, 0.1) is 0 Å². The third kappa shape index (κ3) is 3.08. The fourth-order valence-corrected chi connectivity index (χ4v) is 1.07. The summed E-state index contributed by atoms with van der Waals surface area (Å²) in [5.41, 5.74) is 0. The molecule has 0 spiro atoms. The molecular weight excluding hydrogens is 168 g/mol. The maximum Gasteiger partial charge on any atom is 0.321 e. The maximum absolute atomic E-state index is 10.7. The van der Waals surface area contributed by atoms with Gasteiger partial charge in [0.15, 0.2) is 0 Å². The molecule has 0 N–H and O–H groups in total. The molecule has 0 aromatic heterocycles. The van der Waals surface area contributed by atoms with E-state index in [0.29, 0.717) is 13.2 Å². The van der Waals surface area contributed by atoms with Crippen LogP contribution in [0.1, 0.15) is 12.8 Å². The Hall–Kier alpha value is -0.280. The summed E-state index contributed by atoms with van der Waals surface area (Å²) in [6.45, 7) is 1.36. The van der Waals surface area contributed by atoms with E-state index in [1.807, 2.05) is 0 Å². The Morgan fingerprint density at radius 1 is 1.55 bits per heavy atom. The third-order valence-corrected chi connectivity index (χ3v) is 1.79. The fraction of sp³-hybridized carbons (Fsp3) is 0.857. The number of rotatable bonds is 2. The summed E-state index contributed by atoms with van der Waals surface area (Å²) < 4.78 is 10.1. The quantitative estimate of drug-likeness (QED) is 0.467. The van der Waals surface area contributed by atoms with Crippen molar-refractivity contribution in [2.45, 2.75) is 18.9 Å². The van der Waals surface area contributed by atoms with Gasteiger partial charge in [0.1, 0.15) is 12.0 Å². The molecule has 4 heteroatoms. The predicted molar refractivity (Wildman–Crippen MR) is 40.7 cm³/mol. The zero-order chi connectivity index (χ0) is 8.10. The number of esters is 1. The molecule has 1 heterocycles. The van der Waals surface area contributed by atoms with Crippen LogP contribution >= 0.6 is 11.6 Å². The fourth-order valence-electron chi connectivity index (χ4n) is 1.01. The van der Waals surface area contributed by atoms with Gasteiger partial charge in [0.2, 0.25) is 0 Å². The second kappa shape index (κ2) is 4.57. The lowest BCUT2D eigenvalue weighted by Crippen LogP contribution is -2.26. The highest BCUT2D eigenvalue weighted by molar-refractivity contribution is 6.26. The molecule has 0 atom stereocenters. The third-order valence-electron chi connectivity index (χ3n) is 1.58. The van der Waals surface area contributed by atoms with Gasteiger partial charge in [-0.1, -0.05) is 0 Å². The van der Waals surface area contributed by atoms with Gasteiger partial charge in [0, 0.05) is 12.8 Å². The number of alkyl halides is 1. The Morgan fingerprint density at radius 2 is 2.18 bits per heavy atom. The van der Waals surface area contributed by atoms with Gasteiger partial charge in [-0.05, 0) is 0 Å². The minimum atomic E-state index is -0.335. The Balaban J connectivity index is 2.19. The molecular formula is C7H11ClO3. The van der Waals surface area contributed by atoms with Gasteiger partial charge in [-0.15, -0.1) is 11.6 Å². The Morgan fingerprint density at radius 3 is 2.73 bits per heavy atom. The molecule has 1 saturated heterocycles. The van der Waals surface area contributed by atoms with E-state index in [2.05, 4.69) is 0 Å². The molecule has 0 saturated carbocycles. The zero-order valence-corrected chi connectivity index (χ0v) is 6.97. The van der Waals surface area contributed by atoms with Gasteiger partial charge in [0.25, 0.3) is 0 Å². The molecule has 0 aromatic carbocycles. The average molecular weight is 179 g/mol. The number of carbonyl (C=O) groups excluding carboxylic acids is 1. The molecule has 1 rings (SSSR count). The van der Waals surface area contributed by atoms with Crippen molar-refractivity contribution in [3.05, 3.63) is 0 Å². The summed E-state index contributed by atoms with van der Waals surface area (Å²) in [6, 6.07) is 0. The Kier molecular flexibility index (Phi) is 3.66. The van der Waals surface area contributed by atoms with E-state index in [1.165, 1.54) is 0 Å². The molecule has 3 nitrogen and oxygen atoms in total. The van der Waals surface area contributed by atoms with Gasteiger partial charge in [0.05, 0.1) is 13.2 Å². The van der Waals surface area contributed by atoms with E-state index >= 15 is 0 Å². The molecule has 0 unspecified atom stereocenters. The van der Waals surface area contributed by atoms with E-state index in [4.69, 9.17) is 21.1 Å². The molecule has 0 bridgehead atoms. The monoisotopic (exact) mass is 178 g/mol. The van der Waals surface area contributed by atoms with Crippen LogP contribution in [0.3, 0.4) is 0 Å². The minimum Gasteiger partial charge on any atom is -0.461 e. The lowest BCUT2D eigenvalue weighted by Gasteiger charge is -2.21. The van der Waals surface area contributed by atoms with Crippen molar-refractivity contribution in [1.29, 1.82) is 0 Å². The Bertz CT molecular complexity index is 132. The van der Waals surface area contributed by atoms with Crippen molar-refractivity contribution in [2.24, 2.45) is 0 Å². The first-order valence-corrected chi connectivity index (χ1v) is 4.19. The molecule has 64 valence electrons. The van der Waals surface area contributed by atoms with E-state index < -0.39 is 0 Å². The van der Waals surface area contributed by atoms with Crippen LogP contribution in [0.15, 0.2) is 0 Å². The average Bonchev–Trinajstić information content (AvgIpc) is 2.06. The number of hydrogen-bond acceptors (Lipinski definition) is 3. The van der Waals surface area contributed by atoms with Gasteiger partial charge in [-0.3, -0.25) is 4.79 Å². The van der Waals surface area contributed by atoms with Gasteiger partial charge in [-0.2, -0.15) is 0 Å². The number of hydrogen-bond donors (Lipinski definition) is 0. The second-order valence-electron chi connectivity index (χ2n) is 2.44. The highest BCUT2D eigenvalue weighted by Gasteiger charge is 2.16. The molecule has 0 radical (unpaired) electrons. The molecule has 11 heavy (non-hydrogen) atoms. The summed E-state index contributed by atoms with van der Waals surface area (Å²) in [5.74, 6) is -0.393. The van der Waals surface area contributed by atoms with Crippen LogP contribution in [0.25, 0.3) is 0 Å². The molecule has 0 amide bonds. The van der Waals surface area contributed by atoms with Gasteiger partial charge < -0.3 is 9.47 Å². The first kappa shape index (κ1) is 8.81. The highest BCUT2D eigenvalue weighted by atomic mass is 35.5. The molecule has 0 aliphatic carbocycles. The SMILES string of the molecule is O=C(CCl)OC1CCOCC1. The smallest absolute Gasteiger partial charge is 0.321 e. The first-order valence-electron chi connectivity index (χ1n) is 3.66. The van der Waals surface area contributed by atoms with Crippen molar-refractivity contribution in [2.75, 3.05) is 19.1 Å². The predicted octanol–water partition coefficient (Wildman–Crippen LogP) is 0.947. The van der Waals surface area contributed by atoms with Crippen LogP contribution in [0.5, 0.6) is 0 Å². The van der Waals surface area contributed by atoms with Gasteiger partial charge in [-0.25, -0.2) is 0 Å². The topological polar surface area (TPSA) is 35.5 Å². The molecule has 1 aliphatic heterocycles. The highest BCUT2D eigenvalue weighted by Crippen LogP contribution is 2.10. The summed E-state index contributed by atoms with van der Waals surface area (Å²) in [6.07, 6.45) is 1.61. The lowest BCUT2D eigenvalue weighted by molar-refractivity contribution is -0.149. The normalized spacial score (nSPS) is 19.7. The van der Waals surface area contributed by atoms with Crippen LogP contribution in [-0.2, 0) is 14.3 Å². The standard InChI is InChI=1S/C7H11ClO3/c8-5-7(9)11-6-1-3-10-4-2-6/h6H,1-5H2. The van der Waals surface area contributed by atoms with Crippen LogP contribution < -0.4 is 0 Å². The van der Waals surface area contributed by atoms with Crippen molar-refractivity contribution in [3.8, 4) is 0 Å². The van der Waals surface area contributed by atoms with E-state index in [1.54, 1.807) is 0 Å². The van der Waals surface area contributed by atoms with Gasteiger partial charge >= 0.3 is 5.97 Å². The van der Waals surface area contributed by atoms with Crippen molar-refractivity contribution in [3.63, 3.8) is 0 Å².